The normalized spacial score (nSPS) is 13.6. The number of aliphatic imine (C=N–C) groups is 1. The van der Waals surface area contributed by atoms with Crippen molar-refractivity contribution in [2.75, 3.05) is 0 Å². The Morgan fingerprint density at radius 2 is 1.23 bits per heavy atom. The van der Waals surface area contributed by atoms with Crippen molar-refractivity contribution in [2.45, 2.75) is 5.41 Å². The van der Waals surface area contributed by atoms with Gasteiger partial charge in [0.25, 0.3) is 0 Å². The minimum atomic E-state index is -0.592. The van der Waals surface area contributed by atoms with Gasteiger partial charge < -0.3 is 14.6 Å². The van der Waals surface area contributed by atoms with Gasteiger partial charge in [-0.3, -0.25) is 4.99 Å². The molecule has 0 unspecified atom stereocenters. The highest BCUT2D eigenvalue weighted by Crippen LogP contribution is 2.63. The highest BCUT2D eigenvalue weighted by molar-refractivity contribution is 6.17. The van der Waals surface area contributed by atoms with Crippen LogP contribution in [-0.4, -0.2) is 16.9 Å². The van der Waals surface area contributed by atoms with Gasteiger partial charge in [0.15, 0.2) is 0 Å². The first-order valence-electron chi connectivity index (χ1n) is 21.9. The molecule has 2 aromatic heterocycles. The number of furan rings is 1. The summed E-state index contributed by atoms with van der Waals surface area (Å²) < 4.78 is 13.6. The van der Waals surface area contributed by atoms with E-state index >= 15 is 0 Å². The summed E-state index contributed by atoms with van der Waals surface area (Å²) >= 11 is 0. The Labute approximate surface area is 374 Å². The number of para-hydroxylation sites is 4. The van der Waals surface area contributed by atoms with Gasteiger partial charge in [-0.1, -0.05) is 176 Å². The van der Waals surface area contributed by atoms with Crippen LogP contribution < -0.4 is 4.74 Å². The third-order valence-electron chi connectivity index (χ3n) is 13.2. The lowest BCUT2D eigenvalue weighted by Gasteiger charge is -2.40. The molecule has 0 atom stereocenters. The van der Waals surface area contributed by atoms with Crippen molar-refractivity contribution in [3.63, 3.8) is 0 Å². The van der Waals surface area contributed by atoms with E-state index in [4.69, 9.17) is 19.1 Å². The minimum absolute atomic E-state index is 0.308. The summed E-state index contributed by atoms with van der Waals surface area (Å²) in [5.74, 6) is 1.67. The number of aromatic nitrogens is 1. The van der Waals surface area contributed by atoms with Gasteiger partial charge >= 0.3 is 0 Å². The molecule has 3 heterocycles. The smallest absolute Gasteiger partial charge is 0.144 e. The van der Waals surface area contributed by atoms with Gasteiger partial charge in [0.2, 0.25) is 0 Å². The van der Waals surface area contributed by atoms with E-state index in [-0.39, 0.29) is 0 Å². The third-order valence-corrected chi connectivity index (χ3v) is 13.2. The van der Waals surface area contributed by atoms with E-state index in [9.17, 15) is 5.41 Å². The van der Waals surface area contributed by atoms with E-state index in [0.717, 1.165) is 94.2 Å². The Kier molecular flexibility index (Phi) is 8.21. The van der Waals surface area contributed by atoms with Gasteiger partial charge in [-0.05, 0) is 64.2 Å². The molecule has 5 heteroatoms. The van der Waals surface area contributed by atoms with Crippen molar-refractivity contribution in [3.8, 4) is 33.9 Å². The van der Waals surface area contributed by atoms with Crippen molar-refractivity contribution in [2.24, 2.45) is 4.99 Å². The summed E-state index contributed by atoms with van der Waals surface area (Å²) in [6, 6.07) is 71.3. The minimum Gasteiger partial charge on any atom is -0.456 e. The fourth-order valence-corrected chi connectivity index (χ4v) is 10.4. The molecule has 0 saturated heterocycles. The van der Waals surface area contributed by atoms with Crippen LogP contribution >= 0.6 is 0 Å². The van der Waals surface area contributed by atoms with Crippen molar-refractivity contribution < 1.29 is 9.15 Å². The second kappa shape index (κ2) is 14.4. The van der Waals surface area contributed by atoms with Crippen LogP contribution in [-0.2, 0) is 5.41 Å². The average molecular weight is 832 g/mol. The lowest BCUT2D eigenvalue weighted by Crippen LogP contribution is -2.32. The molecule has 0 radical (unpaired) electrons. The maximum Gasteiger partial charge on any atom is 0.144 e. The largest absolute Gasteiger partial charge is 0.456 e. The molecule has 0 saturated carbocycles. The van der Waals surface area contributed by atoms with Crippen molar-refractivity contribution in [3.05, 3.63) is 251 Å². The van der Waals surface area contributed by atoms with E-state index < -0.39 is 5.41 Å². The van der Waals surface area contributed by atoms with E-state index in [0.29, 0.717) is 11.4 Å². The molecule has 5 nitrogen and oxygen atoms in total. The van der Waals surface area contributed by atoms with Gasteiger partial charge in [0.1, 0.15) is 22.7 Å². The summed E-state index contributed by atoms with van der Waals surface area (Å²) in [7, 11) is 0. The Balaban J connectivity index is 0.994. The number of hydrogen-bond acceptors (Lipinski definition) is 5. The highest BCUT2D eigenvalue weighted by Gasteiger charge is 2.51. The average Bonchev–Trinajstić information content (AvgIpc) is 3.89. The number of ether oxygens (including phenoxy) is 1. The van der Waals surface area contributed by atoms with Crippen molar-refractivity contribution in [1.82, 2.24) is 4.98 Å². The van der Waals surface area contributed by atoms with Gasteiger partial charge in [0.05, 0.1) is 28.0 Å². The summed E-state index contributed by atoms with van der Waals surface area (Å²) in [6.45, 7) is 0. The van der Waals surface area contributed by atoms with Crippen LogP contribution in [0.4, 0.5) is 0 Å². The molecular weight excluding hydrogens is 795 g/mol. The quantitative estimate of drug-likeness (QED) is 0.134. The number of rotatable bonds is 6. The lowest BCUT2D eigenvalue weighted by molar-refractivity contribution is 0.442. The highest BCUT2D eigenvalue weighted by atomic mass is 16.5. The fourth-order valence-electron chi connectivity index (χ4n) is 10.4. The molecule has 2 aliphatic rings. The van der Waals surface area contributed by atoms with E-state index in [2.05, 4.69) is 127 Å². The maximum absolute atomic E-state index is 9.64. The topological polar surface area (TPSA) is 71.5 Å². The molecule has 1 N–H and O–H groups in total. The molecule has 1 spiro atoms. The molecule has 65 heavy (non-hydrogen) atoms. The third kappa shape index (κ3) is 5.55. The number of benzene rings is 9. The molecule has 1 aliphatic heterocycles. The molecular formula is C60H37N3O2. The van der Waals surface area contributed by atoms with Crippen LogP contribution in [0.5, 0.6) is 11.5 Å². The van der Waals surface area contributed by atoms with E-state index in [1.165, 1.54) is 22.3 Å². The molecule has 1 aliphatic carbocycles. The van der Waals surface area contributed by atoms with E-state index in [1.807, 2.05) is 91.2 Å². The number of hydrogen-bond donors (Lipinski definition) is 1. The summed E-state index contributed by atoms with van der Waals surface area (Å²) in [5, 5.41) is 14.7. The standard InChI is InChI=1S/C60H37N3O2/c61-51(35-53(62-36-37-16-2-1-3-17-37)45-25-15-24-43-42-22-7-12-30-54(42)64-58(43)45)38-18-14-19-39(34-38)57-46-32-33-50-59(56(46)44-23-6-11-29-52(44)63-57)65-55-31-13-10-28-49(55)60(50)47-26-8-4-20-40(47)41-21-5-9-27-48(41)60/h1-36,61H/b53-35-,61-51?,62-36?. The Bertz CT molecular complexity index is 3790. The number of pyridine rings is 1. The Hall–Kier alpha value is -8.67. The van der Waals surface area contributed by atoms with Crippen LogP contribution in [0.15, 0.2) is 222 Å². The zero-order chi connectivity index (χ0) is 43.1. The number of allylic oxidation sites excluding steroid dienone is 1. The number of fused-ring (bicyclic) bond motifs is 16. The Morgan fingerprint density at radius 3 is 2.06 bits per heavy atom. The summed E-state index contributed by atoms with van der Waals surface area (Å²) in [5.41, 5.74) is 14.2. The molecule has 13 rings (SSSR count). The first kappa shape index (κ1) is 36.9. The fraction of sp³-hybridized carbons (Fsp3) is 0.0167. The number of nitrogens with zero attached hydrogens (tertiary/aromatic N) is 2. The molecule has 304 valence electrons. The SMILES string of the molecule is N=C(/C=C(\N=Cc1ccccc1)c1cccc2c1oc1ccccc12)c1cccc(-c2nc3ccccc3c3c4c(ccc23)C2(c3ccccc3O4)c3ccccc3-c3ccccc32)c1. The van der Waals surface area contributed by atoms with Gasteiger partial charge in [-0.2, -0.15) is 0 Å². The van der Waals surface area contributed by atoms with Crippen LogP contribution in [0, 0.1) is 5.41 Å². The molecule has 11 aromatic rings. The Morgan fingerprint density at radius 1 is 0.554 bits per heavy atom. The lowest BCUT2D eigenvalue weighted by atomic mass is 9.65. The second-order valence-corrected chi connectivity index (χ2v) is 16.8. The predicted molar refractivity (Wildman–Crippen MR) is 265 cm³/mol. The van der Waals surface area contributed by atoms with Gasteiger partial charge in [-0.15, -0.1) is 0 Å². The van der Waals surface area contributed by atoms with Crippen LogP contribution in [0.25, 0.3) is 71.7 Å². The molecule has 0 bridgehead atoms. The molecule has 0 amide bonds. The zero-order valence-electron chi connectivity index (χ0n) is 35.0. The van der Waals surface area contributed by atoms with Crippen molar-refractivity contribution in [1.29, 1.82) is 5.41 Å². The second-order valence-electron chi connectivity index (χ2n) is 16.8. The number of nitrogens with one attached hydrogen (secondary N) is 1. The monoisotopic (exact) mass is 831 g/mol. The van der Waals surface area contributed by atoms with Crippen LogP contribution in [0.1, 0.15) is 38.9 Å². The van der Waals surface area contributed by atoms with Crippen LogP contribution in [0.3, 0.4) is 0 Å². The van der Waals surface area contributed by atoms with Gasteiger partial charge in [-0.25, -0.2) is 4.98 Å². The van der Waals surface area contributed by atoms with E-state index in [1.54, 1.807) is 0 Å². The molecule has 9 aromatic carbocycles. The summed E-state index contributed by atoms with van der Waals surface area (Å²) in [4.78, 5) is 10.4. The van der Waals surface area contributed by atoms with Gasteiger partial charge in [0, 0.05) is 61.0 Å². The first-order valence-corrected chi connectivity index (χ1v) is 21.9. The summed E-state index contributed by atoms with van der Waals surface area (Å²) in [6.07, 6.45) is 3.68. The maximum atomic E-state index is 9.64. The molecule has 0 fully saturated rings. The first-order chi connectivity index (χ1) is 32.1. The van der Waals surface area contributed by atoms with Crippen molar-refractivity contribution >= 4 is 61.2 Å². The predicted octanol–water partition coefficient (Wildman–Crippen LogP) is 15.0. The zero-order valence-corrected chi connectivity index (χ0v) is 35.0. The van der Waals surface area contributed by atoms with Crippen LogP contribution in [0.2, 0.25) is 0 Å².